The molecule has 0 fully saturated rings. The van der Waals surface area contributed by atoms with E-state index in [2.05, 4.69) is 16.3 Å². The third-order valence-corrected chi connectivity index (χ3v) is 4.32. The van der Waals surface area contributed by atoms with Crippen LogP contribution in [0.5, 0.6) is 0 Å². The van der Waals surface area contributed by atoms with E-state index in [0.29, 0.717) is 11.3 Å². The Morgan fingerprint density at radius 1 is 1.25 bits per heavy atom. The molecule has 0 aliphatic carbocycles. The van der Waals surface area contributed by atoms with E-state index in [4.69, 9.17) is 0 Å². The van der Waals surface area contributed by atoms with Crippen molar-refractivity contribution < 1.29 is 9.72 Å². The summed E-state index contributed by atoms with van der Waals surface area (Å²) in [4.78, 5) is 25.0. The molecular weight excluding hydrogens is 306 g/mol. The molecule has 0 radical (unpaired) electrons. The molecule has 124 valence electrons. The molecule has 2 aromatic rings. The quantitative estimate of drug-likeness (QED) is 0.691. The van der Waals surface area contributed by atoms with Crippen LogP contribution in [-0.4, -0.2) is 23.9 Å². The minimum atomic E-state index is -0.439. The molecule has 0 bridgehead atoms. The molecule has 6 heteroatoms. The lowest BCUT2D eigenvalue weighted by molar-refractivity contribution is -0.385. The summed E-state index contributed by atoms with van der Waals surface area (Å²) in [7, 11) is 0. The minimum Gasteiger partial charge on any atom is -0.362 e. The highest BCUT2D eigenvalue weighted by atomic mass is 16.6. The number of anilines is 2. The Bertz CT molecular complexity index is 789. The Kier molecular flexibility index (Phi) is 4.46. The molecule has 1 heterocycles. The number of rotatable bonds is 4. The number of carbonyl (C=O) groups is 1. The highest BCUT2D eigenvalue weighted by Crippen LogP contribution is 2.27. The molecule has 3 rings (SSSR count). The SMILES string of the molecule is Cc1c(NC(=O)CN2CCCc3ccccc32)cccc1[N+](=O)[O-]. The van der Waals surface area contributed by atoms with Gasteiger partial charge in [0.2, 0.25) is 5.91 Å². The zero-order valence-electron chi connectivity index (χ0n) is 13.5. The summed E-state index contributed by atoms with van der Waals surface area (Å²) in [5, 5.41) is 13.8. The Morgan fingerprint density at radius 3 is 2.83 bits per heavy atom. The largest absolute Gasteiger partial charge is 0.362 e. The van der Waals surface area contributed by atoms with Crippen LogP contribution in [0.3, 0.4) is 0 Å². The van der Waals surface area contributed by atoms with E-state index in [1.54, 1.807) is 19.1 Å². The van der Waals surface area contributed by atoms with Crippen LogP contribution in [0.4, 0.5) is 17.1 Å². The van der Waals surface area contributed by atoms with Gasteiger partial charge in [-0.2, -0.15) is 0 Å². The monoisotopic (exact) mass is 325 g/mol. The molecule has 1 amide bonds. The topological polar surface area (TPSA) is 75.5 Å². The first kappa shape index (κ1) is 16.0. The van der Waals surface area contributed by atoms with Gasteiger partial charge in [-0.1, -0.05) is 24.3 Å². The first-order chi connectivity index (χ1) is 11.6. The maximum atomic E-state index is 12.4. The standard InChI is InChI=1S/C18H19N3O3/c1-13-15(8-4-10-16(13)21(23)24)19-18(22)12-20-11-5-7-14-6-2-3-9-17(14)20/h2-4,6,8-10H,5,7,11-12H2,1H3,(H,19,22). The smallest absolute Gasteiger partial charge is 0.274 e. The van der Waals surface area contributed by atoms with E-state index in [9.17, 15) is 14.9 Å². The van der Waals surface area contributed by atoms with Gasteiger partial charge in [0.1, 0.15) is 0 Å². The molecule has 0 atom stereocenters. The number of benzene rings is 2. The fourth-order valence-corrected chi connectivity index (χ4v) is 3.10. The van der Waals surface area contributed by atoms with Crippen LogP contribution in [-0.2, 0) is 11.2 Å². The predicted octanol–water partition coefficient (Wildman–Crippen LogP) is 3.29. The number of aryl methyl sites for hydroxylation is 1. The fourth-order valence-electron chi connectivity index (χ4n) is 3.10. The van der Waals surface area contributed by atoms with Gasteiger partial charge in [-0.15, -0.1) is 0 Å². The first-order valence-corrected chi connectivity index (χ1v) is 7.93. The summed E-state index contributed by atoms with van der Waals surface area (Å²) in [6, 6.07) is 12.8. The van der Waals surface area contributed by atoms with Crippen LogP contribution >= 0.6 is 0 Å². The van der Waals surface area contributed by atoms with Gasteiger partial charge in [-0.3, -0.25) is 14.9 Å². The van der Waals surface area contributed by atoms with Gasteiger partial charge >= 0.3 is 0 Å². The van der Waals surface area contributed by atoms with E-state index in [1.165, 1.54) is 11.6 Å². The number of nitro groups is 1. The molecule has 1 aliphatic rings. The molecule has 0 unspecified atom stereocenters. The second kappa shape index (κ2) is 6.70. The molecule has 1 aliphatic heterocycles. The summed E-state index contributed by atoms with van der Waals surface area (Å²) in [5.41, 5.74) is 3.31. The summed E-state index contributed by atoms with van der Waals surface area (Å²) >= 11 is 0. The van der Waals surface area contributed by atoms with Crippen LogP contribution in [0.1, 0.15) is 17.5 Å². The lowest BCUT2D eigenvalue weighted by atomic mass is 10.0. The molecule has 0 aromatic heterocycles. The molecule has 0 saturated heterocycles. The predicted molar refractivity (Wildman–Crippen MR) is 93.4 cm³/mol. The minimum absolute atomic E-state index is 0.0103. The number of nitro benzene ring substituents is 1. The zero-order valence-corrected chi connectivity index (χ0v) is 13.5. The van der Waals surface area contributed by atoms with Gasteiger partial charge in [0.15, 0.2) is 0 Å². The normalized spacial score (nSPS) is 13.3. The lowest BCUT2D eigenvalue weighted by Crippen LogP contribution is -2.36. The maximum Gasteiger partial charge on any atom is 0.274 e. The number of para-hydroxylation sites is 1. The number of nitrogens with zero attached hydrogens (tertiary/aromatic N) is 2. The van der Waals surface area contributed by atoms with Crippen molar-refractivity contribution in [2.45, 2.75) is 19.8 Å². The van der Waals surface area contributed by atoms with Crippen molar-refractivity contribution >= 4 is 23.0 Å². The summed E-state index contributed by atoms with van der Waals surface area (Å²) in [5.74, 6) is -0.171. The van der Waals surface area contributed by atoms with Crippen molar-refractivity contribution in [2.75, 3.05) is 23.3 Å². The number of amides is 1. The van der Waals surface area contributed by atoms with Gasteiger partial charge in [-0.05, 0) is 37.5 Å². The number of hydrogen-bond acceptors (Lipinski definition) is 4. The number of carbonyl (C=O) groups excluding carboxylic acids is 1. The van der Waals surface area contributed by atoms with E-state index >= 15 is 0 Å². The van der Waals surface area contributed by atoms with Crippen molar-refractivity contribution in [2.24, 2.45) is 0 Å². The van der Waals surface area contributed by atoms with Crippen molar-refractivity contribution in [1.82, 2.24) is 0 Å². The Balaban J connectivity index is 1.74. The third kappa shape index (κ3) is 3.22. The summed E-state index contributed by atoms with van der Waals surface area (Å²) in [6.45, 7) is 2.71. The number of nitrogens with one attached hydrogen (secondary N) is 1. The second-order valence-electron chi connectivity index (χ2n) is 5.91. The van der Waals surface area contributed by atoms with Crippen LogP contribution in [0.25, 0.3) is 0 Å². The van der Waals surface area contributed by atoms with Gasteiger partial charge in [-0.25, -0.2) is 0 Å². The van der Waals surface area contributed by atoms with Crippen molar-refractivity contribution in [1.29, 1.82) is 0 Å². The van der Waals surface area contributed by atoms with Gasteiger partial charge in [0.05, 0.1) is 22.7 Å². The lowest BCUT2D eigenvalue weighted by Gasteiger charge is -2.30. The Labute approximate surface area is 140 Å². The molecule has 24 heavy (non-hydrogen) atoms. The summed E-state index contributed by atoms with van der Waals surface area (Å²) in [6.07, 6.45) is 2.04. The van der Waals surface area contributed by atoms with E-state index in [1.807, 2.05) is 18.2 Å². The highest BCUT2D eigenvalue weighted by molar-refractivity contribution is 5.95. The van der Waals surface area contributed by atoms with E-state index in [-0.39, 0.29) is 18.1 Å². The van der Waals surface area contributed by atoms with Crippen LogP contribution < -0.4 is 10.2 Å². The molecule has 1 N–H and O–H groups in total. The van der Waals surface area contributed by atoms with Gasteiger partial charge < -0.3 is 10.2 Å². The van der Waals surface area contributed by atoms with Gasteiger partial charge in [0.25, 0.3) is 5.69 Å². The number of hydrogen-bond donors (Lipinski definition) is 1. The average molecular weight is 325 g/mol. The average Bonchev–Trinajstić information content (AvgIpc) is 2.57. The van der Waals surface area contributed by atoms with Crippen molar-refractivity contribution in [3.05, 3.63) is 63.7 Å². The van der Waals surface area contributed by atoms with Crippen LogP contribution in [0, 0.1) is 17.0 Å². The Morgan fingerprint density at radius 2 is 2.04 bits per heavy atom. The van der Waals surface area contributed by atoms with Crippen LogP contribution in [0.15, 0.2) is 42.5 Å². The second-order valence-corrected chi connectivity index (χ2v) is 5.91. The highest BCUT2D eigenvalue weighted by Gasteiger charge is 2.20. The molecule has 2 aromatic carbocycles. The van der Waals surface area contributed by atoms with E-state index < -0.39 is 4.92 Å². The van der Waals surface area contributed by atoms with Gasteiger partial charge in [0, 0.05) is 18.3 Å². The van der Waals surface area contributed by atoms with Crippen molar-refractivity contribution in [3.8, 4) is 0 Å². The zero-order chi connectivity index (χ0) is 17.1. The number of fused-ring (bicyclic) bond motifs is 1. The third-order valence-electron chi connectivity index (χ3n) is 4.32. The summed E-state index contributed by atoms with van der Waals surface area (Å²) < 4.78 is 0. The fraction of sp³-hybridized carbons (Fsp3) is 0.278. The Hall–Kier alpha value is -2.89. The van der Waals surface area contributed by atoms with E-state index in [0.717, 1.165) is 25.1 Å². The molecule has 6 nitrogen and oxygen atoms in total. The maximum absolute atomic E-state index is 12.4. The van der Waals surface area contributed by atoms with Crippen LogP contribution in [0.2, 0.25) is 0 Å². The molecule has 0 spiro atoms. The van der Waals surface area contributed by atoms with Crippen molar-refractivity contribution in [3.63, 3.8) is 0 Å². The molecule has 0 saturated carbocycles. The first-order valence-electron chi connectivity index (χ1n) is 7.93. The molecular formula is C18H19N3O3.